The van der Waals surface area contributed by atoms with Crippen molar-refractivity contribution in [2.75, 3.05) is 43.5 Å². The van der Waals surface area contributed by atoms with Gasteiger partial charge in [0.05, 0.1) is 24.0 Å². The molecule has 7 nitrogen and oxygen atoms in total. The summed E-state index contributed by atoms with van der Waals surface area (Å²) in [6.45, 7) is 2.47. The first-order valence-electron chi connectivity index (χ1n) is 14.0. The summed E-state index contributed by atoms with van der Waals surface area (Å²) in [4.78, 5) is 42.8. The third-order valence-corrected chi connectivity index (χ3v) is 9.32. The van der Waals surface area contributed by atoms with Crippen LogP contribution < -0.4 is 10.2 Å². The normalized spacial score (nSPS) is 27.8. The molecule has 1 heterocycles. The third kappa shape index (κ3) is 4.91. The van der Waals surface area contributed by atoms with Crippen LogP contribution in [0.4, 0.5) is 11.4 Å². The Balaban J connectivity index is 1.17. The molecule has 0 unspecified atom stereocenters. The lowest BCUT2D eigenvalue weighted by Gasteiger charge is -2.56. The maximum Gasteiger partial charge on any atom is 0.337 e. The summed E-state index contributed by atoms with van der Waals surface area (Å²) in [6, 6.07) is 14.7. The number of carbonyl (C=O) groups is 3. The van der Waals surface area contributed by atoms with Crippen molar-refractivity contribution in [3.63, 3.8) is 0 Å². The van der Waals surface area contributed by atoms with Crippen LogP contribution in [0.2, 0.25) is 0 Å². The first-order valence-corrected chi connectivity index (χ1v) is 14.0. The molecular weight excluding hydrogens is 478 g/mol. The molecule has 2 amide bonds. The van der Waals surface area contributed by atoms with Crippen LogP contribution in [0.5, 0.6) is 0 Å². The fraction of sp³-hybridized carbons (Fsp3) is 0.516. The van der Waals surface area contributed by atoms with Gasteiger partial charge in [0.15, 0.2) is 0 Å². The van der Waals surface area contributed by atoms with E-state index in [1.807, 2.05) is 41.3 Å². The molecule has 38 heavy (non-hydrogen) atoms. The molecule has 4 bridgehead atoms. The van der Waals surface area contributed by atoms with Crippen molar-refractivity contribution >= 4 is 29.2 Å². The van der Waals surface area contributed by atoms with Crippen LogP contribution in [0, 0.1) is 23.2 Å². The zero-order chi connectivity index (χ0) is 26.3. The standard InChI is InChI=1S/C31H37N3O4/c1-38-30(37)25-7-8-27(33-9-11-34(12-10-33)29(36)24-5-3-2-4-6-24)26(16-25)32-28(35)20-31-17-21-13-22(18-31)15-23(14-21)19-31/h2-8,16,21-23H,9-15,17-20H2,1H3,(H,32,35). The maximum atomic E-state index is 13.5. The number of hydrogen-bond donors (Lipinski definition) is 1. The summed E-state index contributed by atoms with van der Waals surface area (Å²) in [5.41, 5.74) is 2.77. The molecule has 0 radical (unpaired) electrons. The lowest BCUT2D eigenvalue weighted by molar-refractivity contribution is -0.124. The van der Waals surface area contributed by atoms with Crippen LogP contribution in [0.25, 0.3) is 0 Å². The van der Waals surface area contributed by atoms with E-state index in [1.165, 1.54) is 45.6 Å². The highest BCUT2D eigenvalue weighted by molar-refractivity contribution is 5.98. The van der Waals surface area contributed by atoms with Crippen LogP contribution >= 0.6 is 0 Å². The van der Waals surface area contributed by atoms with Crippen LogP contribution in [0.1, 0.15) is 65.7 Å². The van der Waals surface area contributed by atoms with Gasteiger partial charge in [-0.05, 0) is 92.0 Å². The lowest BCUT2D eigenvalue weighted by atomic mass is 9.49. The highest BCUT2D eigenvalue weighted by atomic mass is 16.5. The average Bonchev–Trinajstić information content (AvgIpc) is 2.91. The van der Waals surface area contributed by atoms with Crippen molar-refractivity contribution in [1.29, 1.82) is 0 Å². The Morgan fingerprint density at radius 3 is 2.11 bits per heavy atom. The molecule has 4 saturated carbocycles. The predicted octanol–water partition coefficient (Wildman–Crippen LogP) is 4.98. The van der Waals surface area contributed by atoms with Crippen molar-refractivity contribution in [3.05, 3.63) is 59.7 Å². The van der Waals surface area contributed by atoms with E-state index in [0.717, 1.165) is 23.4 Å². The SMILES string of the molecule is COC(=O)c1ccc(N2CCN(C(=O)c3ccccc3)CC2)c(NC(=O)CC23CC4CC(CC(C4)C2)C3)c1. The van der Waals surface area contributed by atoms with E-state index in [4.69, 9.17) is 4.74 Å². The summed E-state index contributed by atoms with van der Waals surface area (Å²) < 4.78 is 4.95. The average molecular weight is 516 g/mol. The van der Waals surface area contributed by atoms with E-state index >= 15 is 0 Å². The molecule has 0 aromatic heterocycles. The third-order valence-electron chi connectivity index (χ3n) is 9.32. The second-order valence-corrected chi connectivity index (χ2v) is 12.0. The molecule has 1 aliphatic heterocycles. The largest absolute Gasteiger partial charge is 0.465 e. The topological polar surface area (TPSA) is 79.0 Å². The molecule has 5 aliphatic rings. The summed E-state index contributed by atoms with van der Waals surface area (Å²) in [6.07, 6.45) is 8.15. The number of ether oxygens (including phenoxy) is 1. The van der Waals surface area contributed by atoms with Gasteiger partial charge >= 0.3 is 5.97 Å². The van der Waals surface area contributed by atoms with Gasteiger partial charge in [-0.15, -0.1) is 0 Å². The molecule has 0 atom stereocenters. The van der Waals surface area contributed by atoms with E-state index in [2.05, 4.69) is 10.2 Å². The number of anilines is 2. The van der Waals surface area contributed by atoms with E-state index in [9.17, 15) is 14.4 Å². The molecule has 200 valence electrons. The van der Waals surface area contributed by atoms with Crippen LogP contribution in [-0.2, 0) is 9.53 Å². The monoisotopic (exact) mass is 515 g/mol. The minimum atomic E-state index is -0.425. The van der Waals surface area contributed by atoms with E-state index in [-0.39, 0.29) is 17.2 Å². The van der Waals surface area contributed by atoms with Gasteiger partial charge in [-0.2, -0.15) is 0 Å². The number of nitrogens with one attached hydrogen (secondary N) is 1. The van der Waals surface area contributed by atoms with Gasteiger partial charge in [0.2, 0.25) is 5.91 Å². The number of methoxy groups -OCH3 is 1. The van der Waals surface area contributed by atoms with Gasteiger partial charge in [0, 0.05) is 38.2 Å². The quantitative estimate of drug-likeness (QED) is 0.549. The van der Waals surface area contributed by atoms with Crippen molar-refractivity contribution in [1.82, 2.24) is 4.90 Å². The Morgan fingerprint density at radius 1 is 0.868 bits per heavy atom. The fourth-order valence-electron chi connectivity index (χ4n) is 8.11. The summed E-state index contributed by atoms with van der Waals surface area (Å²) in [7, 11) is 1.37. The zero-order valence-electron chi connectivity index (χ0n) is 22.2. The number of piperazine rings is 1. The number of amides is 2. The Kier molecular flexibility index (Phi) is 6.62. The van der Waals surface area contributed by atoms with Gasteiger partial charge in [-0.1, -0.05) is 18.2 Å². The second-order valence-electron chi connectivity index (χ2n) is 12.0. The Labute approximate surface area is 224 Å². The number of benzene rings is 2. The van der Waals surface area contributed by atoms with Crippen molar-refractivity contribution < 1.29 is 19.1 Å². The second kappa shape index (κ2) is 10.1. The predicted molar refractivity (Wildman–Crippen MR) is 146 cm³/mol. The molecule has 1 saturated heterocycles. The van der Waals surface area contributed by atoms with Gasteiger partial charge in [-0.25, -0.2) is 4.79 Å². The molecule has 0 spiro atoms. The molecule has 2 aromatic carbocycles. The smallest absolute Gasteiger partial charge is 0.337 e. The minimum absolute atomic E-state index is 0.0353. The lowest BCUT2D eigenvalue weighted by Crippen LogP contribution is -2.49. The Morgan fingerprint density at radius 2 is 1.50 bits per heavy atom. The number of rotatable bonds is 6. The van der Waals surface area contributed by atoms with Gasteiger partial charge < -0.3 is 19.9 Å². The molecule has 7 rings (SSSR count). The van der Waals surface area contributed by atoms with Crippen molar-refractivity contribution in [2.24, 2.45) is 23.2 Å². The summed E-state index contributed by atoms with van der Waals surface area (Å²) in [5, 5.41) is 3.19. The molecule has 4 aliphatic carbocycles. The highest BCUT2D eigenvalue weighted by Crippen LogP contribution is 2.61. The number of carbonyl (C=O) groups excluding carboxylic acids is 3. The van der Waals surface area contributed by atoms with Gasteiger partial charge in [0.25, 0.3) is 5.91 Å². The summed E-state index contributed by atoms with van der Waals surface area (Å²) >= 11 is 0. The molecular formula is C31H37N3O4. The molecule has 1 N–H and O–H groups in total. The summed E-state index contributed by atoms with van der Waals surface area (Å²) in [5.74, 6) is 2.03. The van der Waals surface area contributed by atoms with Crippen molar-refractivity contribution in [2.45, 2.75) is 44.9 Å². The van der Waals surface area contributed by atoms with E-state index < -0.39 is 5.97 Å². The zero-order valence-corrected chi connectivity index (χ0v) is 22.2. The van der Waals surface area contributed by atoms with Crippen LogP contribution in [-0.4, -0.2) is 56.0 Å². The first kappa shape index (κ1) is 25.0. The van der Waals surface area contributed by atoms with Gasteiger partial charge in [-0.3, -0.25) is 9.59 Å². The Bertz CT molecular complexity index is 1180. The van der Waals surface area contributed by atoms with Gasteiger partial charge in [0.1, 0.15) is 0 Å². The molecule has 7 heteroatoms. The number of hydrogen-bond acceptors (Lipinski definition) is 5. The van der Waals surface area contributed by atoms with E-state index in [1.54, 1.807) is 12.1 Å². The Hall–Kier alpha value is -3.35. The number of nitrogens with zero attached hydrogens (tertiary/aromatic N) is 2. The minimum Gasteiger partial charge on any atom is -0.465 e. The number of esters is 1. The molecule has 2 aromatic rings. The van der Waals surface area contributed by atoms with E-state index in [0.29, 0.717) is 49.4 Å². The highest BCUT2D eigenvalue weighted by Gasteiger charge is 2.51. The van der Waals surface area contributed by atoms with Crippen molar-refractivity contribution in [3.8, 4) is 0 Å². The fourth-order valence-corrected chi connectivity index (χ4v) is 8.11. The van der Waals surface area contributed by atoms with Crippen LogP contribution in [0.3, 0.4) is 0 Å². The first-order chi connectivity index (χ1) is 18.4. The maximum absolute atomic E-state index is 13.5. The molecule has 5 fully saturated rings. The van der Waals surface area contributed by atoms with Crippen LogP contribution in [0.15, 0.2) is 48.5 Å².